The molecule has 0 fully saturated rings. The molecule has 0 saturated carbocycles. The molecule has 0 spiro atoms. The Morgan fingerprint density at radius 2 is 1.61 bits per heavy atom. The molecule has 0 heterocycles. The third-order valence-electron chi connectivity index (χ3n) is 4.11. The summed E-state index contributed by atoms with van der Waals surface area (Å²) in [5.41, 5.74) is 1.42. The molecule has 0 aromatic heterocycles. The van der Waals surface area contributed by atoms with E-state index in [0.29, 0.717) is 29.4 Å². The normalized spacial score (nSPS) is 11.3. The van der Waals surface area contributed by atoms with Crippen LogP contribution in [0.4, 0.5) is 5.69 Å². The molecule has 150 valence electrons. The highest BCUT2D eigenvalue weighted by Crippen LogP contribution is 2.28. The van der Waals surface area contributed by atoms with Crippen molar-refractivity contribution in [3.63, 3.8) is 0 Å². The Bertz CT molecular complexity index is 820. The van der Waals surface area contributed by atoms with Crippen molar-refractivity contribution in [3.05, 3.63) is 48.0 Å². The van der Waals surface area contributed by atoms with Gasteiger partial charge in [-0.15, -0.1) is 0 Å². The van der Waals surface area contributed by atoms with E-state index in [-0.39, 0.29) is 6.42 Å². The quantitative estimate of drug-likeness (QED) is 0.665. The Balaban J connectivity index is 1.87. The van der Waals surface area contributed by atoms with Gasteiger partial charge in [0.2, 0.25) is 0 Å². The molecule has 0 radical (unpaired) electrons. The van der Waals surface area contributed by atoms with E-state index >= 15 is 0 Å². The van der Waals surface area contributed by atoms with Crippen molar-refractivity contribution in [2.45, 2.75) is 25.9 Å². The Hall–Kier alpha value is -3.22. The number of methoxy groups -OCH3 is 3. The molecule has 28 heavy (non-hydrogen) atoms. The maximum atomic E-state index is 12.3. The van der Waals surface area contributed by atoms with Crippen LogP contribution >= 0.6 is 0 Å². The Kier molecular flexibility index (Phi) is 7.68. The highest BCUT2D eigenvalue weighted by Gasteiger charge is 2.19. The van der Waals surface area contributed by atoms with Crippen LogP contribution in [0.5, 0.6) is 17.2 Å². The highest BCUT2D eigenvalue weighted by atomic mass is 16.5. The van der Waals surface area contributed by atoms with Gasteiger partial charge in [0.05, 0.1) is 27.0 Å². The second-order valence-corrected chi connectivity index (χ2v) is 6.01. The summed E-state index contributed by atoms with van der Waals surface area (Å²) < 4.78 is 20.9. The van der Waals surface area contributed by atoms with Gasteiger partial charge < -0.3 is 24.3 Å². The molecule has 2 rings (SSSR count). The fourth-order valence-corrected chi connectivity index (χ4v) is 2.57. The number of benzene rings is 2. The van der Waals surface area contributed by atoms with Crippen molar-refractivity contribution >= 4 is 17.6 Å². The fourth-order valence-electron chi connectivity index (χ4n) is 2.57. The first-order chi connectivity index (χ1) is 13.5. The van der Waals surface area contributed by atoms with Crippen LogP contribution in [0.3, 0.4) is 0 Å². The van der Waals surface area contributed by atoms with E-state index < -0.39 is 18.0 Å². The van der Waals surface area contributed by atoms with Gasteiger partial charge >= 0.3 is 5.97 Å². The van der Waals surface area contributed by atoms with Gasteiger partial charge in [-0.05, 0) is 43.2 Å². The van der Waals surface area contributed by atoms with Crippen molar-refractivity contribution in [2.24, 2.45) is 0 Å². The predicted octanol–water partition coefficient (Wildman–Crippen LogP) is 3.22. The van der Waals surface area contributed by atoms with E-state index in [1.807, 2.05) is 12.1 Å². The molecule has 0 aliphatic heterocycles. The van der Waals surface area contributed by atoms with Crippen molar-refractivity contribution in [1.29, 1.82) is 0 Å². The van der Waals surface area contributed by atoms with Crippen LogP contribution in [-0.2, 0) is 20.7 Å². The minimum Gasteiger partial charge on any atom is -0.495 e. The lowest BCUT2D eigenvalue weighted by atomic mass is 10.1. The van der Waals surface area contributed by atoms with Crippen LogP contribution in [0, 0.1) is 0 Å². The molecule has 1 amide bonds. The largest absolute Gasteiger partial charge is 0.495 e. The number of hydrogen-bond acceptors (Lipinski definition) is 6. The second-order valence-electron chi connectivity index (χ2n) is 6.01. The standard InChI is InChI=1S/C21H25NO6/c1-14(21(24)22-16-7-5-6-8-17(16)25-2)28-20(23)12-10-15-9-11-18(26-3)19(13-15)27-4/h5-9,11,13-14H,10,12H2,1-4H3,(H,22,24)/t14-/m0/s1. The van der Waals surface area contributed by atoms with Crippen LogP contribution in [0.2, 0.25) is 0 Å². The third-order valence-corrected chi connectivity index (χ3v) is 4.11. The van der Waals surface area contributed by atoms with Crippen LogP contribution in [0.15, 0.2) is 42.5 Å². The van der Waals surface area contributed by atoms with E-state index in [9.17, 15) is 9.59 Å². The Labute approximate surface area is 164 Å². The van der Waals surface area contributed by atoms with E-state index in [1.165, 1.54) is 14.0 Å². The maximum Gasteiger partial charge on any atom is 0.306 e. The van der Waals surface area contributed by atoms with Crippen molar-refractivity contribution < 1.29 is 28.5 Å². The summed E-state index contributed by atoms with van der Waals surface area (Å²) in [4.78, 5) is 24.4. The fraction of sp³-hybridized carbons (Fsp3) is 0.333. The van der Waals surface area contributed by atoms with Gasteiger partial charge in [-0.25, -0.2) is 0 Å². The number of rotatable bonds is 9. The van der Waals surface area contributed by atoms with Crippen LogP contribution in [-0.4, -0.2) is 39.3 Å². The molecule has 7 nitrogen and oxygen atoms in total. The first-order valence-corrected chi connectivity index (χ1v) is 8.82. The molecule has 0 aliphatic rings. The summed E-state index contributed by atoms with van der Waals surface area (Å²) in [6.45, 7) is 1.53. The number of amides is 1. The summed E-state index contributed by atoms with van der Waals surface area (Å²) in [6.07, 6.45) is -0.329. The summed E-state index contributed by atoms with van der Waals surface area (Å²) >= 11 is 0. The zero-order valence-corrected chi connectivity index (χ0v) is 16.5. The maximum absolute atomic E-state index is 12.3. The topological polar surface area (TPSA) is 83.1 Å². The lowest BCUT2D eigenvalue weighted by Crippen LogP contribution is -2.30. The van der Waals surface area contributed by atoms with E-state index in [0.717, 1.165) is 5.56 Å². The molecule has 0 bridgehead atoms. The number of ether oxygens (including phenoxy) is 4. The van der Waals surface area contributed by atoms with E-state index in [2.05, 4.69) is 5.32 Å². The van der Waals surface area contributed by atoms with Gasteiger partial charge in [0.1, 0.15) is 5.75 Å². The SMILES string of the molecule is COc1ccccc1NC(=O)[C@H](C)OC(=O)CCc1ccc(OC)c(OC)c1. The number of carbonyl (C=O) groups excluding carboxylic acids is 2. The van der Waals surface area contributed by atoms with E-state index in [4.69, 9.17) is 18.9 Å². The molecule has 2 aromatic carbocycles. The van der Waals surface area contributed by atoms with Crippen LogP contribution < -0.4 is 19.5 Å². The number of carbonyl (C=O) groups is 2. The first kappa shape index (κ1) is 21.1. The molecule has 0 unspecified atom stereocenters. The van der Waals surface area contributed by atoms with Gasteiger partial charge in [-0.2, -0.15) is 0 Å². The number of para-hydroxylation sites is 2. The van der Waals surface area contributed by atoms with Gasteiger partial charge in [-0.3, -0.25) is 9.59 Å². The van der Waals surface area contributed by atoms with E-state index in [1.54, 1.807) is 44.6 Å². The average Bonchev–Trinajstić information content (AvgIpc) is 2.72. The lowest BCUT2D eigenvalue weighted by molar-refractivity contribution is -0.153. The first-order valence-electron chi connectivity index (χ1n) is 8.82. The molecule has 0 saturated heterocycles. The van der Waals surface area contributed by atoms with Crippen molar-refractivity contribution in [1.82, 2.24) is 0 Å². The zero-order valence-electron chi connectivity index (χ0n) is 16.5. The third kappa shape index (κ3) is 5.64. The summed E-state index contributed by atoms with van der Waals surface area (Å²) in [5, 5.41) is 2.70. The average molecular weight is 387 g/mol. The molecule has 1 N–H and O–H groups in total. The van der Waals surface area contributed by atoms with Gasteiger partial charge in [0.25, 0.3) is 5.91 Å². The highest BCUT2D eigenvalue weighted by molar-refractivity contribution is 5.96. The lowest BCUT2D eigenvalue weighted by Gasteiger charge is -2.15. The number of esters is 1. The van der Waals surface area contributed by atoms with Gasteiger partial charge in [-0.1, -0.05) is 18.2 Å². The Morgan fingerprint density at radius 1 is 0.929 bits per heavy atom. The summed E-state index contributed by atoms with van der Waals surface area (Å²) in [6, 6.07) is 12.5. The molecule has 2 aromatic rings. The van der Waals surface area contributed by atoms with Gasteiger partial charge in [0.15, 0.2) is 17.6 Å². The molecular formula is C21H25NO6. The number of anilines is 1. The monoisotopic (exact) mass is 387 g/mol. The summed E-state index contributed by atoms with van der Waals surface area (Å²) in [7, 11) is 4.63. The smallest absolute Gasteiger partial charge is 0.306 e. The minimum atomic E-state index is -0.928. The van der Waals surface area contributed by atoms with Crippen LogP contribution in [0.1, 0.15) is 18.9 Å². The second kappa shape index (κ2) is 10.2. The van der Waals surface area contributed by atoms with Gasteiger partial charge in [0, 0.05) is 6.42 Å². The zero-order chi connectivity index (χ0) is 20.5. The minimum absolute atomic E-state index is 0.141. The predicted molar refractivity (Wildman–Crippen MR) is 105 cm³/mol. The van der Waals surface area contributed by atoms with Crippen molar-refractivity contribution in [2.75, 3.05) is 26.6 Å². The number of hydrogen-bond donors (Lipinski definition) is 1. The molecule has 1 atom stereocenters. The molecular weight excluding hydrogens is 362 g/mol. The number of nitrogens with one attached hydrogen (secondary N) is 1. The molecule has 0 aliphatic carbocycles. The summed E-state index contributed by atoms with van der Waals surface area (Å²) in [5.74, 6) is 0.859. The van der Waals surface area contributed by atoms with Crippen molar-refractivity contribution in [3.8, 4) is 17.2 Å². The Morgan fingerprint density at radius 3 is 2.29 bits per heavy atom. The van der Waals surface area contributed by atoms with Crippen LogP contribution in [0.25, 0.3) is 0 Å². The number of aryl methyl sites for hydroxylation is 1. The molecule has 7 heteroatoms.